The normalized spacial score (nSPS) is 25.9. The molecular formula is C84H88F8N24O8. The average Bonchev–Trinajstić information content (AvgIpc) is 1.58. The molecule has 0 bridgehead atoms. The van der Waals surface area contributed by atoms with Crippen molar-refractivity contribution in [3.63, 3.8) is 0 Å². The lowest BCUT2D eigenvalue weighted by Gasteiger charge is -2.26. The number of aliphatic hydroxyl groups excluding tert-OH is 4. The number of carbonyl (C=O) groups excluding carboxylic acids is 4. The molecule has 16 heterocycles. The first kappa shape index (κ1) is 69.4. The van der Waals surface area contributed by atoms with Gasteiger partial charge in [-0.15, -0.1) is 0 Å². The number of anilines is 8. The van der Waals surface area contributed by atoms with Crippen LogP contribution in [-0.4, -0.2) is 225 Å². The molecule has 0 aliphatic carbocycles. The molecule has 648 valence electrons. The number of aromatic nitrogens is 12. The van der Waals surface area contributed by atoms with E-state index < -0.39 is 151 Å². The SMILES string of the molecule is [2H]C1([2H])CCN(c2ccn3ncc(NC(=O)N4CC[C@H](O)C4)c3n2)[C@@]1([2H])c1cc(F)ccc1F.[2H]C1([2H])CCN(c2ccn3ncc(NC(=O)N4CC[C@H](O)C4)c3n2)[C@H]1c1cc(F)ccc1F.[2H]C1([2H])CC[C@H](c2cc(F)ccc2F)N1c1ccn2ncc(NC(=O)N3C([2H])([2H])C[C@H](O)C3([2H])[2H])c2n1.[2H][C@]1(c2cc(F)ccc2F)CCCN1c1ccn2ncc(NC(=O)N3CC[C@H](O)C3)c2n1. The first-order valence-corrected chi connectivity index (χ1v) is 39.7. The number of hydrogen-bond acceptors (Lipinski definition) is 20. The number of benzene rings is 4. The third-order valence-electron chi connectivity index (χ3n) is 21.8. The van der Waals surface area contributed by atoms with Gasteiger partial charge in [0.1, 0.15) is 92.6 Å². The highest BCUT2D eigenvalue weighted by molar-refractivity contribution is 5.96. The zero-order valence-corrected chi connectivity index (χ0v) is 65.6. The third-order valence-corrected chi connectivity index (χ3v) is 21.8. The number of likely N-dealkylation sites (tertiary alicyclic amines) is 4. The Bertz CT molecular complexity index is 6620. The van der Waals surface area contributed by atoms with E-state index in [-0.39, 0.29) is 126 Å². The molecule has 8 saturated heterocycles. The highest BCUT2D eigenvalue weighted by Crippen LogP contribution is 2.43. The molecule has 8 fully saturated rings. The second kappa shape index (κ2) is 35.8. The second-order valence-electron chi connectivity index (χ2n) is 30.0. The van der Waals surface area contributed by atoms with E-state index in [1.165, 1.54) is 91.9 Å². The summed E-state index contributed by atoms with van der Waals surface area (Å²) >= 11 is 0. The van der Waals surface area contributed by atoms with Gasteiger partial charge in [0, 0.05) is 136 Å². The van der Waals surface area contributed by atoms with E-state index in [1.54, 1.807) is 34.3 Å². The molecule has 40 heteroatoms. The van der Waals surface area contributed by atoms with Crippen LogP contribution in [0.2, 0.25) is 0 Å². The number of fused-ring (bicyclic) bond motifs is 4. The van der Waals surface area contributed by atoms with Gasteiger partial charge < -0.3 is 80.9 Å². The van der Waals surface area contributed by atoms with Gasteiger partial charge >= 0.3 is 24.1 Å². The second-order valence-corrected chi connectivity index (χ2v) is 30.0. The summed E-state index contributed by atoms with van der Waals surface area (Å²) in [5, 5.41) is 66.1. The molecule has 12 aromatic rings. The summed E-state index contributed by atoms with van der Waals surface area (Å²) in [6.07, 6.45) is 6.41. The molecule has 0 spiro atoms. The number of carbonyl (C=O) groups is 4. The molecule has 0 radical (unpaired) electrons. The highest BCUT2D eigenvalue weighted by Gasteiger charge is 2.37. The minimum Gasteiger partial charge on any atom is -0.391 e. The van der Waals surface area contributed by atoms with Crippen LogP contribution in [0.5, 0.6) is 0 Å². The largest absolute Gasteiger partial charge is 0.391 e. The molecule has 20 rings (SSSR count). The molecule has 8 N–H and O–H groups in total. The predicted octanol–water partition coefficient (Wildman–Crippen LogP) is 11.8. The van der Waals surface area contributed by atoms with Gasteiger partial charge in [-0.2, -0.15) is 20.4 Å². The summed E-state index contributed by atoms with van der Waals surface area (Å²) in [4.78, 5) is 79.1. The molecule has 8 aliphatic rings. The minimum absolute atomic E-state index is 0.0186. The monoisotopic (exact) mass is 1720 g/mol. The molecule has 124 heavy (non-hydrogen) atoms. The van der Waals surface area contributed by atoms with E-state index in [0.717, 1.165) is 72.8 Å². The Hall–Kier alpha value is -13.1. The van der Waals surface area contributed by atoms with E-state index >= 15 is 0 Å². The van der Waals surface area contributed by atoms with Crippen LogP contribution >= 0.6 is 0 Å². The standard InChI is InChI=1S/4C21H22F2N6O2/c4*22-13-3-4-16(23)15(10-13)18-2-1-7-28(18)19-6-9-29-20(26-19)17(11-24-29)25-21(31)27-8-5-14(30)12-27/h4*3-4,6,9-11,14,18,30H,1-2,5,7-8,12H2,(H,25,31)/t4*14-,18+/m0000/s1/i7D2,8D2,12D2;2D2,18D;18D;2D2. The van der Waals surface area contributed by atoms with Gasteiger partial charge in [0.05, 0.1) is 78.8 Å². The zero-order chi connectivity index (χ0) is 96.9. The first-order valence-electron chi connectivity index (χ1n) is 45.7. The summed E-state index contributed by atoms with van der Waals surface area (Å²) in [5.74, 6) is -4.64. The lowest BCUT2D eigenvalue weighted by molar-refractivity contribution is 0.176. The van der Waals surface area contributed by atoms with Crippen molar-refractivity contribution < 1.29 is 91.2 Å². The quantitative estimate of drug-likeness (QED) is 0.0527. The number of nitrogens with one attached hydrogen (secondary N) is 4. The molecule has 8 aromatic heterocycles. The van der Waals surface area contributed by atoms with Crippen LogP contribution in [-0.2, 0) is 0 Å². The molecule has 4 aromatic carbocycles. The van der Waals surface area contributed by atoms with Crippen LogP contribution in [0.25, 0.3) is 22.6 Å². The fourth-order valence-corrected chi connectivity index (χ4v) is 15.7. The number of β-amino-alcohol motifs (C(OH)–C–C–N with tert-alkyl or cyclic N) is 4. The van der Waals surface area contributed by atoms with Crippen LogP contribution in [0.15, 0.2) is 147 Å². The molecule has 0 saturated carbocycles. The third kappa shape index (κ3) is 17.8. The van der Waals surface area contributed by atoms with E-state index in [9.17, 15) is 74.7 Å². The Labute approximate surface area is 719 Å². The molecular weight excluding hydrogens is 1630 g/mol. The van der Waals surface area contributed by atoms with Gasteiger partial charge in [-0.25, -0.2) is 92.3 Å². The van der Waals surface area contributed by atoms with Crippen LogP contribution in [0.1, 0.15) is 140 Å². The zero-order valence-electron chi connectivity index (χ0n) is 77.6. The van der Waals surface area contributed by atoms with Gasteiger partial charge in [-0.1, -0.05) is 0 Å². The first-order chi connectivity index (χ1) is 64.4. The number of nitrogens with zero attached hydrogens (tertiary/aromatic N) is 20. The molecule has 8 atom stereocenters. The Morgan fingerprint density at radius 3 is 1.12 bits per heavy atom. The number of amides is 8. The van der Waals surface area contributed by atoms with Crippen molar-refractivity contribution in [1.82, 2.24) is 78.0 Å². The smallest absolute Gasteiger partial charge is 0.322 e. The van der Waals surface area contributed by atoms with E-state index in [4.69, 9.17) is 16.4 Å². The number of aliphatic hydroxyl groups is 4. The summed E-state index contributed by atoms with van der Waals surface area (Å²) in [6, 6.07) is 9.90. The maximum absolute atomic E-state index is 14.7. The van der Waals surface area contributed by atoms with Crippen molar-refractivity contribution in [2.45, 2.75) is 125 Å². The molecule has 8 aliphatic heterocycles. The van der Waals surface area contributed by atoms with Crippen LogP contribution in [0.3, 0.4) is 0 Å². The van der Waals surface area contributed by atoms with Crippen molar-refractivity contribution in [3.05, 3.63) is 215 Å². The summed E-state index contributed by atoms with van der Waals surface area (Å²) < 4.78 is 220. The summed E-state index contributed by atoms with van der Waals surface area (Å²) in [7, 11) is 0. The van der Waals surface area contributed by atoms with Gasteiger partial charge in [0.2, 0.25) is 0 Å². The van der Waals surface area contributed by atoms with Crippen LogP contribution in [0, 0.1) is 46.5 Å². The fourth-order valence-electron chi connectivity index (χ4n) is 15.7. The Morgan fingerprint density at radius 2 is 0.710 bits per heavy atom. The van der Waals surface area contributed by atoms with Gasteiger partial charge in [-0.3, -0.25) is 0 Å². The molecule has 32 nitrogen and oxygen atoms in total. The van der Waals surface area contributed by atoms with Gasteiger partial charge in [0.25, 0.3) is 0 Å². The van der Waals surface area contributed by atoms with Crippen molar-refractivity contribution in [3.8, 4) is 0 Å². The number of hydrogen-bond donors (Lipinski definition) is 8. The van der Waals surface area contributed by atoms with Gasteiger partial charge in [0.15, 0.2) is 22.6 Å². The summed E-state index contributed by atoms with van der Waals surface area (Å²) in [6.45, 7) is -4.35. The van der Waals surface area contributed by atoms with Crippen molar-refractivity contribution >= 4 is 92.7 Å². The highest BCUT2D eigenvalue weighted by atomic mass is 19.2. The van der Waals surface area contributed by atoms with Gasteiger partial charge in [-0.05, 0) is 174 Å². The Morgan fingerprint density at radius 1 is 0.355 bits per heavy atom. The molecule has 0 unspecified atom stereocenters. The fraction of sp³-hybridized carbons (Fsp3) is 0.381. The summed E-state index contributed by atoms with van der Waals surface area (Å²) in [5.41, 5.74) is 1.36. The van der Waals surface area contributed by atoms with E-state index in [0.29, 0.717) is 92.6 Å². The Kier molecular flexibility index (Phi) is 20.0. The average molecular weight is 1730 g/mol. The van der Waals surface area contributed by atoms with Crippen molar-refractivity contribution in [1.29, 1.82) is 0 Å². The van der Waals surface area contributed by atoms with Crippen molar-refractivity contribution in [2.24, 2.45) is 0 Å². The minimum atomic E-state index is -2.68. The van der Waals surface area contributed by atoms with Crippen LogP contribution in [0.4, 0.5) is 100 Å². The lowest BCUT2D eigenvalue weighted by atomic mass is 10.0. The Balaban J connectivity index is 0.000000126. The topological polar surface area (TPSA) is 344 Å². The number of halogens is 8. The lowest BCUT2D eigenvalue weighted by Crippen LogP contribution is -2.33. The molecule has 8 amide bonds. The van der Waals surface area contributed by atoms with E-state index in [2.05, 4.69) is 61.6 Å². The maximum atomic E-state index is 14.7. The predicted molar refractivity (Wildman–Crippen MR) is 440 cm³/mol. The van der Waals surface area contributed by atoms with E-state index in [1.807, 2.05) is 0 Å². The maximum Gasteiger partial charge on any atom is 0.322 e. The van der Waals surface area contributed by atoms with Crippen molar-refractivity contribution in [2.75, 3.05) is 119 Å². The van der Waals surface area contributed by atoms with Crippen LogP contribution < -0.4 is 40.9 Å². The number of urea groups is 4. The number of rotatable bonds is 12.